The molecule has 2 rings (SSSR count). The minimum atomic E-state index is -4.31. The van der Waals surface area contributed by atoms with E-state index in [9.17, 15) is 13.2 Å². The summed E-state index contributed by atoms with van der Waals surface area (Å²) in [6.45, 7) is 1.88. The fourth-order valence-corrected chi connectivity index (χ4v) is 2.36. The van der Waals surface area contributed by atoms with E-state index in [1.54, 1.807) is 6.07 Å². The molecule has 20 heavy (non-hydrogen) atoms. The molecular weight excluding hydrogens is 333 g/mol. The van der Waals surface area contributed by atoms with E-state index in [1.807, 2.05) is 0 Å². The quantitative estimate of drug-likeness (QED) is 0.732. The lowest BCUT2D eigenvalue weighted by molar-refractivity contribution is -0.138. The molecule has 1 aliphatic rings. The van der Waals surface area contributed by atoms with Gasteiger partial charge in [0.2, 0.25) is 0 Å². The summed E-state index contributed by atoms with van der Waals surface area (Å²) in [7, 11) is 0. The average Bonchev–Trinajstić information content (AvgIpc) is 3.18. The smallest absolute Gasteiger partial charge is 0.314 e. The van der Waals surface area contributed by atoms with Crippen LogP contribution >= 0.6 is 15.9 Å². The number of halogens is 4. The van der Waals surface area contributed by atoms with Gasteiger partial charge in [-0.1, -0.05) is 22.0 Å². The third kappa shape index (κ3) is 5.07. The van der Waals surface area contributed by atoms with Gasteiger partial charge in [0.15, 0.2) is 0 Å². The fourth-order valence-electron chi connectivity index (χ4n) is 2.00. The molecule has 1 aromatic carbocycles. The van der Waals surface area contributed by atoms with Crippen LogP contribution in [0.2, 0.25) is 0 Å². The van der Waals surface area contributed by atoms with Crippen LogP contribution in [-0.2, 0) is 12.7 Å². The number of nitrogens with one attached hydrogen (secondary N) is 2. The van der Waals surface area contributed by atoms with Gasteiger partial charge in [-0.15, -0.1) is 0 Å². The molecular formula is C14H18BrF3N2. The van der Waals surface area contributed by atoms with Gasteiger partial charge < -0.3 is 10.6 Å². The van der Waals surface area contributed by atoms with Gasteiger partial charge in [0, 0.05) is 17.1 Å². The number of benzene rings is 1. The molecule has 1 aliphatic carbocycles. The van der Waals surface area contributed by atoms with Gasteiger partial charge in [0.1, 0.15) is 0 Å². The largest absolute Gasteiger partial charge is 0.416 e. The first-order chi connectivity index (χ1) is 9.47. The molecule has 0 amide bonds. The third-order valence-electron chi connectivity index (χ3n) is 3.23. The van der Waals surface area contributed by atoms with Crippen LogP contribution in [0.1, 0.15) is 30.4 Å². The van der Waals surface area contributed by atoms with Gasteiger partial charge in [-0.2, -0.15) is 13.2 Å². The zero-order valence-corrected chi connectivity index (χ0v) is 12.6. The molecule has 0 aliphatic heterocycles. The van der Waals surface area contributed by atoms with E-state index >= 15 is 0 Å². The highest BCUT2D eigenvalue weighted by Crippen LogP contribution is 2.33. The van der Waals surface area contributed by atoms with Crippen molar-refractivity contribution in [3.05, 3.63) is 33.8 Å². The molecule has 6 heteroatoms. The molecule has 0 atom stereocenters. The van der Waals surface area contributed by atoms with Crippen LogP contribution in [0.5, 0.6) is 0 Å². The van der Waals surface area contributed by atoms with E-state index in [2.05, 4.69) is 26.6 Å². The molecule has 0 heterocycles. The normalized spacial score (nSPS) is 15.6. The zero-order chi connectivity index (χ0) is 14.6. The van der Waals surface area contributed by atoms with Gasteiger partial charge in [-0.05, 0) is 50.0 Å². The van der Waals surface area contributed by atoms with Crippen molar-refractivity contribution in [2.45, 2.75) is 38.0 Å². The molecule has 1 fully saturated rings. The van der Waals surface area contributed by atoms with Gasteiger partial charge in [-0.25, -0.2) is 0 Å². The van der Waals surface area contributed by atoms with Crippen LogP contribution in [0.3, 0.4) is 0 Å². The van der Waals surface area contributed by atoms with E-state index in [0.717, 1.165) is 19.0 Å². The van der Waals surface area contributed by atoms with Crippen LogP contribution in [0.4, 0.5) is 13.2 Å². The second kappa shape index (κ2) is 6.91. The summed E-state index contributed by atoms with van der Waals surface area (Å²) in [5.41, 5.74) is -0.286. The number of rotatable bonds is 7. The van der Waals surface area contributed by atoms with Crippen molar-refractivity contribution in [3.8, 4) is 0 Å². The Bertz CT molecular complexity index is 445. The fraction of sp³-hybridized carbons (Fsp3) is 0.571. The molecule has 112 valence electrons. The van der Waals surface area contributed by atoms with Gasteiger partial charge in [0.25, 0.3) is 0 Å². The number of alkyl halides is 3. The summed E-state index contributed by atoms with van der Waals surface area (Å²) in [5.74, 6) is 0. The number of hydrogen-bond acceptors (Lipinski definition) is 2. The van der Waals surface area contributed by atoms with E-state index in [1.165, 1.54) is 18.9 Å². The molecule has 1 aromatic rings. The molecule has 0 radical (unpaired) electrons. The van der Waals surface area contributed by atoms with E-state index < -0.39 is 11.7 Å². The molecule has 0 unspecified atom stereocenters. The van der Waals surface area contributed by atoms with E-state index in [-0.39, 0.29) is 12.1 Å². The molecule has 1 saturated carbocycles. The molecule has 0 bridgehead atoms. The maximum atomic E-state index is 12.9. The lowest BCUT2D eigenvalue weighted by Crippen LogP contribution is -2.24. The van der Waals surface area contributed by atoms with Crippen molar-refractivity contribution in [1.82, 2.24) is 10.6 Å². The SMILES string of the molecule is FC(F)(F)c1cc(Br)ccc1CNCCCNC1CC1. The molecule has 2 N–H and O–H groups in total. The van der Waals surface area contributed by atoms with Crippen molar-refractivity contribution >= 4 is 15.9 Å². The van der Waals surface area contributed by atoms with Crippen molar-refractivity contribution in [2.24, 2.45) is 0 Å². The van der Waals surface area contributed by atoms with Crippen molar-refractivity contribution in [2.75, 3.05) is 13.1 Å². The first kappa shape index (κ1) is 15.8. The average molecular weight is 351 g/mol. The number of hydrogen-bond donors (Lipinski definition) is 2. The standard InChI is InChI=1S/C14H18BrF3N2/c15-11-3-2-10(13(8-11)14(16,17)18)9-19-6-1-7-20-12-4-5-12/h2-3,8,12,19-20H,1,4-7,9H2. The van der Waals surface area contributed by atoms with E-state index in [4.69, 9.17) is 0 Å². The molecule has 0 spiro atoms. The Morgan fingerprint density at radius 2 is 1.95 bits per heavy atom. The predicted molar refractivity (Wildman–Crippen MR) is 76.5 cm³/mol. The predicted octanol–water partition coefficient (Wildman–Crippen LogP) is 3.70. The van der Waals surface area contributed by atoms with Gasteiger partial charge >= 0.3 is 6.18 Å². The Hall–Kier alpha value is -0.590. The van der Waals surface area contributed by atoms with Gasteiger partial charge in [-0.3, -0.25) is 0 Å². The topological polar surface area (TPSA) is 24.1 Å². The van der Waals surface area contributed by atoms with Gasteiger partial charge in [0.05, 0.1) is 5.56 Å². The van der Waals surface area contributed by atoms with E-state index in [0.29, 0.717) is 17.1 Å². The highest BCUT2D eigenvalue weighted by Gasteiger charge is 2.33. The summed E-state index contributed by atoms with van der Waals surface area (Å²) >= 11 is 3.08. The summed E-state index contributed by atoms with van der Waals surface area (Å²) in [5, 5.41) is 6.44. The summed E-state index contributed by atoms with van der Waals surface area (Å²) in [6.07, 6.45) is -0.884. The molecule has 0 aromatic heterocycles. The highest BCUT2D eigenvalue weighted by atomic mass is 79.9. The summed E-state index contributed by atoms with van der Waals surface area (Å²) in [6, 6.07) is 4.97. The Morgan fingerprint density at radius 1 is 1.20 bits per heavy atom. The second-order valence-electron chi connectivity index (χ2n) is 5.06. The van der Waals surface area contributed by atoms with Crippen LogP contribution in [0, 0.1) is 0 Å². The monoisotopic (exact) mass is 350 g/mol. The Balaban J connectivity index is 1.79. The van der Waals surface area contributed by atoms with Crippen LogP contribution in [0.15, 0.2) is 22.7 Å². The zero-order valence-electron chi connectivity index (χ0n) is 11.1. The highest BCUT2D eigenvalue weighted by molar-refractivity contribution is 9.10. The maximum absolute atomic E-state index is 12.9. The van der Waals surface area contributed by atoms with Crippen LogP contribution in [-0.4, -0.2) is 19.1 Å². The Kier molecular flexibility index (Phi) is 5.46. The lowest BCUT2D eigenvalue weighted by atomic mass is 10.1. The lowest BCUT2D eigenvalue weighted by Gasteiger charge is -2.14. The molecule has 0 saturated heterocycles. The maximum Gasteiger partial charge on any atom is 0.416 e. The Morgan fingerprint density at radius 3 is 2.60 bits per heavy atom. The van der Waals surface area contributed by atoms with Crippen molar-refractivity contribution in [3.63, 3.8) is 0 Å². The second-order valence-corrected chi connectivity index (χ2v) is 5.97. The van der Waals surface area contributed by atoms with Crippen LogP contribution < -0.4 is 10.6 Å². The summed E-state index contributed by atoms with van der Waals surface area (Å²) < 4.78 is 39.1. The van der Waals surface area contributed by atoms with Crippen molar-refractivity contribution < 1.29 is 13.2 Å². The minimum Gasteiger partial charge on any atom is -0.314 e. The third-order valence-corrected chi connectivity index (χ3v) is 3.73. The summed E-state index contributed by atoms with van der Waals surface area (Å²) in [4.78, 5) is 0. The Labute approximate surface area is 125 Å². The van der Waals surface area contributed by atoms with Crippen molar-refractivity contribution in [1.29, 1.82) is 0 Å². The molecule has 2 nitrogen and oxygen atoms in total. The minimum absolute atomic E-state index is 0.242. The first-order valence-corrected chi connectivity index (χ1v) is 7.56. The first-order valence-electron chi connectivity index (χ1n) is 6.76. The van der Waals surface area contributed by atoms with Crippen LogP contribution in [0.25, 0.3) is 0 Å².